The largest absolute Gasteiger partial charge is 0.508 e. The summed E-state index contributed by atoms with van der Waals surface area (Å²) in [5.74, 6) is -20.6. The van der Waals surface area contributed by atoms with E-state index in [9.17, 15) is 117 Å². The SMILES string of the molecule is CSCC[C@H](NC(=O)[C@H](CCCCN)NC(=O)[C@H](CCC(N)=O)NC(=O)[C@@H](N)Cc1c[nH]c2ccccc12)C(=O)N[C@H](C(=O)N[C@H](C(=O)N[C@@H](C)C(=O)N[C@H](C(=O)N[C@@H](C)C(=O)N[C@@H](CO)C(=O)N[C@@H](C)C(=O)N[C@@H](CC(C)C)C(=O)N[C@@H](CO)C(=O)N[C@@H](CO)C(=O)N[C@@H](CCCNC(=N)N)C(=O)N[C@@H](Cc1ccc(O)cc1)C(=O)N[C@@H](Cc1cnc[nH]1)C(=O)O)C(C)C)[C@@H](C)O)C(C)C. The number of amides is 17. The molecule has 0 unspecified atom stereocenters. The molecule has 49 nitrogen and oxygen atoms in total. The number of carbonyl (C=O) groups is 18. The van der Waals surface area contributed by atoms with E-state index in [2.05, 4.69) is 105 Å². The van der Waals surface area contributed by atoms with Crippen molar-refractivity contribution in [2.45, 2.75) is 255 Å². The number of nitrogens with one attached hydrogen (secondary N) is 20. The second-order valence-corrected chi connectivity index (χ2v) is 34.9. The van der Waals surface area contributed by atoms with Crippen LogP contribution in [0, 0.1) is 23.2 Å². The summed E-state index contributed by atoms with van der Waals surface area (Å²) in [7, 11) is 0. The number of aromatic nitrogens is 3. The number of carboxylic acid groups (broad SMARTS) is 1. The van der Waals surface area contributed by atoms with E-state index in [1.807, 2.05) is 24.3 Å². The lowest BCUT2D eigenvalue weighted by Crippen LogP contribution is -2.62. The molecule has 2 aromatic heterocycles. The number of fused-ring (bicyclic) bond motifs is 1. The van der Waals surface area contributed by atoms with Crippen LogP contribution in [0.1, 0.15) is 144 Å². The van der Waals surface area contributed by atoms with E-state index in [1.54, 1.807) is 40.1 Å². The highest BCUT2D eigenvalue weighted by Crippen LogP contribution is 2.21. The van der Waals surface area contributed by atoms with E-state index in [0.717, 1.165) is 30.3 Å². The molecule has 0 aliphatic rings. The molecule has 0 aliphatic carbocycles. The first kappa shape index (κ1) is 115. The minimum Gasteiger partial charge on any atom is -0.508 e. The van der Waals surface area contributed by atoms with Gasteiger partial charge in [-0.05, 0) is 151 Å². The van der Waals surface area contributed by atoms with Crippen molar-refractivity contribution in [2.24, 2.45) is 40.7 Å². The molecule has 18 atom stereocenters. The van der Waals surface area contributed by atoms with E-state index in [4.69, 9.17) is 28.3 Å². The van der Waals surface area contributed by atoms with Crippen molar-refractivity contribution in [3.63, 3.8) is 0 Å². The van der Waals surface area contributed by atoms with Crippen LogP contribution in [0.15, 0.2) is 67.3 Å². The number of hydrogen-bond acceptors (Lipinski definition) is 28. The van der Waals surface area contributed by atoms with Crippen LogP contribution in [0.25, 0.3) is 10.9 Å². The van der Waals surface area contributed by atoms with Crippen LogP contribution in [0.2, 0.25) is 0 Å². The average Bonchev–Trinajstić information content (AvgIpc) is 1.70. The van der Waals surface area contributed by atoms with Crippen LogP contribution in [-0.4, -0.2) is 312 Å². The molecule has 0 spiro atoms. The zero-order valence-electron chi connectivity index (χ0n) is 77.9. The summed E-state index contributed by atoms with van der Waals surface area (Å²) in [6.45, 7) is 10.9. The summed E-state index contributed by atoms with van der Waals surface area (Å²) in [5.41, 5.74) is 25.3. The van der Waals surface area contributed by atoms with E-state index in [0.29, 0.717) is 24.1 Å². The minimum atomic E-state index is -1.92. The summed E-state index contributed by atoms with van der Waals surface area (Å²) >= 11 is 1.32. The number of thioether (sulfide) groups is 1. The number of rotatable bonds is 61. The predicted octanol–water partition coefficient (Wildman–Crippen LogP) is -8.02. The zero-order chi connectivity index (χ0) is 102. The number of primary amides is 1. The van der Waals surface area contributed by atoms with Gasteiger partial charge in [0.1, 0.15) is 102 Å². The summed E-state index contributed by atoms with van der Waals surface area (Å²) in [5, 5.41) is 112. The predicted molar refractivity (Wildman–Crippen MR) is 495 cm³/mol. The fraction of sp³-hybridized carbons (Fsp3) is 0.581. The molecule has 4 rings (SSSR count). The van der Waals surface area contributed by atoms with Crippen molar-refractivity contribution in [1.82, 2.24) is 105 Å². The number of phenols is 1. The number of aromatic hydroxyl groups is 1. The van der Waals surface area contributed by atoms with E-state index < -0.39 is 253 Å². The number of carbonyl (C=O) groups excluding carboxylic acids is 17. The Kier molecular flexibility index (Phi) is 49.3. The number of unbranched alkanes of at least 4 members (excludes halogenated alkanes) is 1. The van der Waals surface area contributed by atoms with Crippen molar-refractivity contribution in [3.8, 4) is 5.75 Å². The molecule has 17 amide bonds. The minimum absolute atomic E-state index is 0.00773. The van der Waals surface area contributed by atoms with Crippen LogP contribution in [0.3, 0.4) is 0 Å². The number of benzene rings is 2. The van der Waals surface area contributed by atoms with Gasteiger partial charge < -0.3 is 154 Å². The van der Waals surface area contributed by atoms with E-state index in [1.165, 1.54) is 76.2 Å². The molecule has 50 heteroatoms. The van der Waals surface area contributed by atoms with Crippen LogP contribution < -0.4 is 113 Å². The molecule has 0 bridgehead atoms. The number of aromatic amines is 2. The van der Waals surface area contributed by atoms with Crippen molar-refractivity contribution in [1.29, 1.82) is 5.41 Å². The number of aliphatic hydroxyl groups excluding tert-OH is 4. The smallest absolute Gasteiger partial charge is 0.326 e. The monoisotopic (exact) mass is 1930 g/mol. The number of nitrogens with zero attached hydrogens (tertiary/aromatic N) is 1. The quantitative estimate of drug-likeness (QED) is 0.0111. The van der Waals surface area contributed by atoms with Gasteiger partial charge in [0, 0.05) is 54.8 Å². The van der Waals surface area contributed by atoms with Gasteiger partial charge in [-0.1, -0.05) is 71.9 Å². The molecule has 34 N–H and O–H groups in total. The fourth-order valence-electron chi connectivity index (χ4n) is 13.6. The number of phenolic OH excluding ortho intramolecular Hbond substituents is 1. The molecule has 136 heavy (non-hydrogen) atoms. The molecule has 0 fully saturated rings. The summed E-state index contributed by atoms with van der Waals surface area (Å²) < 4.78 is 0. The van der Waals surface area contributed by atoms with Crippen molar-refractivity contribution >= 4 is 135 Å². The van der Waals surface area contributed by atoms with Crippen molar-refractivity contribution in [3.05, 3.63) is 84.1 Å². The number of guanidine groups is 1. The number of nitrogens with two attached hydrogens (primary N) is 4. The fourth-order valence-corrected chi connectivity index (χ4v) is 14.0. The Balaban J connectivity index is 1.37. The van der Waals surface area contributed by atoms with Gasteiger partial charge in [-0.25, -0.2) is 9.78 Å². The van der Waals surface area contributed by atoms with Crippen LogP contribution in [0.4, 0.5) is 0 Å². The number of hydrogen-bond donors (Lipinski definition) is 30. The van der Waals surface area contributed by atoms with Crippen LogP contribution in [-0.2, 0) is 106 Å². The van der Waals surface area contributed by atoms with Crippen LogP contribution >= 0.6 is 11.8 Å². The van der Waals surface area contributed by atoms with Crippen molar-refractivity contribution in [2.75, 3.05) is 44.9 Å². The lowest BCUT2D eigenvalue weighted by atomic mass is 10.0. The zero-order valence-corrected chi connectivity index (χ0v) is 78.7. The molecule has 4 aromatic rings. The maximum absolute atomic E-state index is 14.3. The molecule has 2 heterocycles. The van der Waals surface area contributed by atoms with Crippen molar-refractivity contribution < 1.29 is 117 Å². The maximum atomic E-state index is 14.3. The van der Waals surface area contributed by atoms with Crippen LogP contribution in [0.5, 0.6) is 5.75 Å². The van der Waals surface area contributed by atoms with Gasteiger partial charge in [-0.15, -0.1) is 0 Å². The number of aliphatic hydroxyl groups is 4. The first-order chi connectivity index (χ1) is 64.2. The van der Waals surface area contributed by atoms with Gasteiger partial charge in [0.2, 0.25) is 100 Å². The third-order valence-corrected chi connectivity index (χ3v) is 22.1. The molecule has 754 valence electrons. The summed E-state index contributed by atoms with van der Waals surface area (Å²) in [6.07, 6.45) is 3.62. The number of H-pyrrole nitrogens is 2. The van der Waals surface area contributed by atoms with Gasteiger partial charge in [0.25, 0.3) is 0 Å². The second kappa shape index (κ2) is 58.2. The Hall–Kier alpha value is -13.2. The Labute approximate surface area is 789 Å². The van der Waals surface area contributed by atoms with Gasteiger partial charge >= 0.3 is 5.97 Å². The van der Waals surface area contributed by atoms with Gasteiger partial charge in [-0.3, -0.25) is 86.9 Å². The number of carboxylic acids is 1. The highest BCUT2D eigenvalue weighted by atomic mass is 32.2. The first-order valence-corrected chi connectivity index (χ1v) is 45.8. The maximum Gasteiger partial charge on any atom is 0.326 e. The topological polar surface area (TPSA) is 806 Å². The molecule has 2 aromatic carbocycles. The third-order valence-electron chi connectivity index (χ3n) is 21.4. The molecule has 0 radical (unpaired) electrons. The summed E-state index contributed by atoms with van der Waals surface area (Å²) in [4.78, 5) is 257. The lowest BCUT2D eigenvalue weighted by molar-refractivity contribution is -0.142. The third kappa shape index (κ3) is 39.0. The Morgan fingerprint density at radius 1 is 0.449 bits per heavy atom. The normalized spacial score (nSPS) is 15.3. The molecular weight excluding hydrogens is 1800 g/mol. The highest BCUT2D eigenvalue weighted by Gasteiger charge is 2.40. The Morgan fingerprint density at radius 3 is 1.35 bits per heavy atom. The number of para-hydroxylation sites is 1. The standard InChI is InChI=1S/C86H135N25O24S/c1-41(2)31-59(77(126)107-64(39-114)81(130)108-63(38-113)80(129)101-56(20-16-29-93-86(90)91)74(123)104-60(32-48-21-23-51(116)24-22-48)78(127)105-61(85(134)135)34-50-36-92-40-95-50)103-69(118)44(7)96-79(128)62(37-112)106-70(119)45(8)97-82(131)66(42(3)4)109-71(120)46(9)98-84(133)68(47(10)115)111-83(132)67(43(5)6)110-76(125)58(27-30-136-11)102-73(122)55(19-14-15-28-87)100-75(124)57(25-26-65(89)117)99-72(121)53(88)33-49-35-94-54-18-13-12-17-52(49)54/h12-13,17-18,21-24,35-36,40-47,53,55-64,66-68,94,112-116H,14-16,19-20,25-34,37-39,87-88H2,1-11H3,(H2,89,117)(H,92,95)(H,96,128)(H,97,131)(H,98,133)(H,99,121)(H,100,124)(H,101,129)(H,102,122)(H,103,118)(H,104,123)(H,105,127)(H,106,119)(H,107,126)(H,108,130)(H,109,120)(H,110,125)(H,111,132)(H,134,135)(H4,90,91,93)/t44-,45-,46-,47+,53-,55-,56-,57-,58-,59-,60-,61-,62-,63-,64-,66-,67-,68-/m0/s1. The average molecular weight is 1940 g/mol. The number of imidazole rings is 1. The Morgan fingerprint density at radius 2 is 0.860 bits per heavy atom. The highest BCUT2D eigenvalue weighted by molar-refractivity contribution is 7.98. The second-order valence-electron chi connectivity index (χ2n) is 33.9. The number of aliphatic carboxylic acids is 1. The van der Waals surface area contributed by atoms with Gasteiger partial charge in [0.05, 0.1) is 38.3 Å². The van der Waals surface area contributed by atoms with E-state index >= 15 is 0 Å². The molecule has 0 saturated carbocycles. The van der Waals surface area contributed by atoms with E-state index in [-0.39, 0.29) is 94.7 Å². The van der Waals surface area contributed by atoms with Gasteiger partial charge in [0.15, 0.2) is 5.96 Å². The summed E-state index contributed by atoms with van der Waals surface area (Å²) in [6, 6.07) is -13.6. The lowest BCUT2D eigenvalue weighted by Gasteiger charge is -2.29. The van der Waals surface area contributed by atoms with Gasteiger partial charge in [-0.2, -0.15) is 11.8 Å². The molecule has 0 saturated heterocycles. The first-order valence-electron chi connectivity index (χ1n) is 44.4. The Bertz CT molecular complexity index is 4700. The molecule has 0 aliphatic heterocycles. The molecular formula is C86H135N25O24S.